The van der Waals surface area contributed by atoms with Gasteiger partial charge in [-0.25, -0.2) is 13.1 Å². The van der Waals surface area contributed by atoms with E-state index in [9.17, 15) is 13.2 Å². The van der Waals surface area contributed by atoms with Gasteiger partial charge in [0, 0.05) is 11.8 Å². The largest absolute Gasteiger partial charge is 0.297 e. The van der Waals surface area contributed by atoms with E-state index in [2.05, 4.69) is 5.10 Å². The molecule has 0 amide bonds. The molecule has 0 aromatic carbocycles. The van der Waals surface area contributed by atoms with Crippen LogP contribution in [0.1, 0.15) is 31.1 Å². The van der Waals surface area contributed by atoms with Gasteiger partial charge in [0.25, 0.3) is 5.56 Å². The summed E-state index contributed by atoms with van der Waals surface area (Å²) in [4.78, 5) is 11.9. The predicted molar refractivity (Wildman–Crippen MR) is 63.3 cm³/mol. The third kappa shape index (κ3) is 2.97. The summed E-state index contributed by atoms with van der Waals surface area (Å²) in [6.07, 6.45) is 1.54. The van der Waals surface area contributed by atoms with Gasteiger partial charge in [-0.1, -0.05) is 6.92 Å². The summed E-state index contributed by atoms with van der Waals surface area (Å²) < 4.78 is 23.6. The van der Waals surface area contributed by atoms with Crippen LogP contribution < -0.4 is 5.56 Å². The molecule has 17 heavy (non-hydrogen) atoms. The van der Waals surface area contributed by atoms with Crippen molar-refractivity contribution in [3.63, 3.8) is 0 Å². The molecular formula is C10H15N3O3S. The minimum atomic E-state index is -3.21. The smallest absolute Gasteiger partial charge is 0.271 e. The SMILES string of the molecule is CCc1c(CS(C)(=O)=O)[nH]n(C(C)C#N)c1=O. The van der Waals surface area contributed by atoms with Gasteiger partial charge >= 0.3 is 0 Å². The molecule has 1 rings (SSSR count). The van der Waals surface area contributed by atoms with E-state index in [1.165, 1.54) is 4.68 Å². The second-order valence-electron chi connectivity index (χ2n) is 3.97. The first kappa shape index (κ1) is 13.5. The summed E-state index contributed by atoms with van der Waals surface area (Å²) in [6.45, 7) is 3.35. The molecule has 1 aromatic rings. The molecule has 0 bridgehead atoms. The van der Waals surface area contributed by atoms with Crippen LogP contribution in [0.15, 0.2) is 4.79 Å². The lowest BCUT2D eigenvalue weighted by Crippen LogP contribution is -2.21. The van der Waals surface area contributed by atoms with Gasteiger partial charge in [-0.3, -0.25) is 9.89 Å². The number of nitriles is 1. The van der Waals surface area contributed by atoms with Crippen LogP contribution in [0.3, 0.4) is 0 Å². The maximum Gasteiger partial charge on any atom is 0.271 e. The normalized spacial score (nSPS) is 13.3. The summed E-state index contributed by atoms with van der Waals surface area (Å²) in [5, 5.41) is 11.5. The Hall–Kier alpha value is -1.55. The van der Waals surface area contributed by atoms with Gasteiger partial charge in [0.2, 0.25) is 0 Å². The first-order chi connectivity index (χ1) is 7.80. The third-order valence-electron chi connectivity index (χ3n) is 2.43. The van der Waals surface area contributed by atoms with Crippen molar-refractivity contribution < 1.29 is 8.42 Å². The molecule has 7 heteroatoms. The van der Waals surface area contributed by atoms with Crippen molar-refractivity contribution in [3.05, 3.63) is 21.6 Å². The lowest BCUT2D eigenvalue weighted by Gasteiger charge is -2.02. The molecule has 1 heterocycles. The average molecular weight is 257 g/mol. The van der Waals surface area contributed by atoms with E-state index in [-0.39, 0.29) is 11.3 Å². The number of rotatable bonds is 4. The minimum Gasteiger partial charge on any atom is -0.297 e. The Morgan fingerprint density at radius 2 is 2.12 bits per heavy atom. The summed E-state index contributed by atoms with van der Waals surface area (Å²) in [6, 6.07) is 1.29. The summed E-state index contributed by atoms with van der Waals surface area (Å²) in [5.41, 5.74) is 0.486. The molecule has 6 nitrogen and oxygen atoms in total. The van der Waals surface area contributed by atoms with E-state index < -0.39 is 15.9 Å². The van der Waals surface area contributed by atoms with Gasteiger partial charge in [-0.05, 0) is 13.3 Å². The fourth-order valence-electron chi connectivity index (χ4n) is 1.61. The lowest BCUT2D eigenvalue weighted by molar-refractivity contribution is 0.565. The molecule has 0 fully saturated rings. The second kappa shape index (κ2) is 4.75. The molecular weight excluding hydrogens is 242 g/mol. The number of aromatic amines is 1. The molecule has 0 aliphatic rings. The molecule has 0 aliphatic carbocycles. The first-order valence-corrected chi connectivity index (χ1v) is 7.25. The molecule has 94 valence electrons. The van der Waals surface area contributed by atoms with Crippen molar-refractivity contribution in [2.45, 2.75) is 32.1 Å². The van der Waals surface area contributed by atoms with Crippen LogP contribution in [-0.2, 0) is 22.0 Å². The van der Waals surface area contributed by atoms with Crippen LogP contribution >= 0.6 is 0 Å². The zero-order valence-electron chi connectivity index (χ0n) is 10.0. The standard InChI is InChI=1S/C10H15N3O3S/c1-4-8-9(6-17(3,15)16)12-13(10(8)14)7(2)5-11/h7,12H,4,6H2,1-3H3. The van der Waals surface area contributed by atoms with E-state index in [0.29, 0.717) is 17.7 Å². The third-order valence-corrected chi connectivity index (χ3v) is 3.24. The van der Waals surface area contributed by atoms with Gasteiger partial charge in [0.1, 0.15) is 6.04 Å². The summed E-state index contributed by atoms with van der Waals surface area (Å²) >= 11 is 0. The first-order valence-electron chi connectivity index (χ1n) is 5.19. The number of hydrogen-bond acceptors (Lipinski definition) is 4. The van der Waals surface area contributed by atoms with Crippen molar-refractivity contribution in [2.75, 3.05) is 6.26 Å². The highest BCUT2D eigenvalue weighted by Crippen LogP contribution is 2.09. The quantitative estimate of drug-likeness (QED) is 0.842. The number of aromatic nitrogens is 2. The summed E-state index contributed by atoms with van der Waals surface area (Å²) in [5.74, 6) is -0.212. The molecule has 0 radical (unpaired) electrons. The Morgan fingerprint density at radius 3 is 2.53 bits per heavy atom. The van der Waals surface area contributed by atoms with Gasteiger partial charge in [-0.2, -0.15) is 5.26 Å². The fraction of sp³-hybridized carbons (Fsp3) is 0.600. The van der Waals surface area contributed by atoms with Crippen molar-refractivity contribution in [1.82, 2.24) is 9.78 Å². The number of sulfone groups is 1. The molecule has 1 N–H and O–H groups in total. The molecule has 1 aromatic heterocycles. The van der Waals surface area contributed by atoms with Crippen molar-refractivity contribution >= 4 is 9.84 Å². The van der Waals surface area contributed by atoms with Crippen LogP contribution in [0.25, 0.3) is 0 Å². The number of H-pyrrole nitrogens is 1. The number of nitrogens with zero attached hydrogens (tertiary/aromatic N) is 2. The summed E-state index contributed by atoms with van der Waals surface area (Å²) in [7, 11) is -3.21. The topological polar surface area (TPSA) is 95.7 Å². The van der Waals surface area contributed by atoms with Crippen LogP contribution in [0, 0.1) is 11.3 Å². The van der Waals surface area contributed by atoms with Crippen molar-refractivity contribution in [2.24, 2.45) is 0 Å². The van der Waals surface area contributed by atoms with Crippen LogP contribution in [-0.4, -0.2) is 24.5 Å². The Morgan fingerprint density at radius 1 is 1.53 bits per heavy atom. The van der Waals surface area contributed by atoms with E-state index in [1.807, 2.05) is 6.07 Å². The zero-order valence-corrected chi connectivity index (χ0v) is 10.8. The number of nitrogens with one attached hydrogen (secondary N) is 1. The van der Waals surface area contributed by atoms with E-state index in [0.717, 1.165) is 6.26 Å². The highest BCUT2D eigenvalue weighted by Gasteiger charge is 2.18. The van der Waals surface area contributed by atoms with Crippen LogP contribution in [0.5, 0.6) is 0 Å². The molecule has 0 saturated carbocycles. The molecule has 0 spiro atoms. The van der Waals surface area contributed by atoms with Gasteiger partial charge in [0.15, 0.2) is 9.84 Å². The molecule has 0 aliphatic heterocycles. The van der Waals surface area contributed by atoms with Crippen LogP contribution in [0.4, 0.5) is 0 Å². The molecule has 0 saturated heterocycles. The Kier molecular flexibility index (Phi) is 3.78. The van der Waals surface area contributed by atoms with E-state index in [1.54, 1.807) is 13.8 Å². The monoisotopic (exact) mass is 257 g/mol. The second-order valence-corrected chi connectivity index (χ2v) is 6.11. The van der Waals surface area contributed by atoms with Crippen molar-refractivity contribution in [3.8, 4) is 6.07 Å². The van der Waals surface area contributed by atoms with Crippen LogP contribution in [0.2, 0.25) is 0 Å². The minimum absolute atomic E-state index is 0.212. The van der Waals surface area contributed by atoms with Crippen molar-refractivity contribution in [1.29, 1.82) is 5.26 Å². The fourth-order valence-corrected chi connectivity index (χ4v) is 2.38. The van der Waals surface area contributed by atoms with E-state index in [4.69, 9.17) is 5.26 Å². The Balaban J connectivity index is 3.34. The lowest BCUT2D eigenvalue weighted by atomic mass is 10.2. The highest BCUT2D eigenvalue weighted by molar-refractivity contribution is 7.89. The van der Waals surface area contributed by atoms with Gasteiger partial charge in [-0.15, -0.1) is 0 Å². The Labute approximate surface area is 99.8 Å². The highest BCUT2D eigenvalue weighted by atomic mass is 32.2. The maximum absolute atomic E-state index is 11.9. The molecule has 1 unspecified atom stereocenters. The zero-order chi connectivity index (χ0) is 13.2. The molecule has 1 atom stereocenters. The number of hydrogen-bond donors (Lipinski definition) is 1. The van der Waals surface area contributed by atoms with E-state index >= 15 is 0 Å². The average Bonchev–Trinajstić information content (AvgIpc) is 2.51. The maximum atomic E-state index is 11.9. The van der Waals surface area contributed by atoms with Gasteiger partial charge < -0.3 is 0 Å². The van der Waals surface area contributed by atoms with Gasteiger partial charge in [0.05, 0.1) is 17.5 Å². The predicted octanol–water partition coefficient (Wildman–Crippen LogP) is 0.368. The Bertz CT molecular complexity index is 604.